The fourth-order valence-corrected chi connectivity index (χ4v) is 11.3. The standard InChI is InChI=1S/C36H49Cl3N6O3S/c1-22-7-13-25(14-8-22)44(26-15-9-23(2)10-16-26)27-17-11-24(12-18-27)41-42-36-30(21-40)34(29-5-3-4-6-31(29)37)43-45(36)35-32(38)19-28(20-33(35)39)49(46,47)48/h3-6,22-28,32-33,35H,7-20H2,1-2H3,(H,46,47,48). The Balaban J connectivity index is 1.25. The zero-order valence-corrected chi connectivity index (χ0v) is 31.6. The van der Waals surface area contributed by atoms with Crippen molar-refractivity contribution in [3.8, 4) is 17.3 Å². The average molecular weight is 752 g/mol. The third kappa shape index (κ3) is 8.34. The van der Waals surface area contributed by atoms with Crippen LogP contribution in [-0.2, 0) is 10.1 Å². The molecule has 1 aromatic carbocycles. The molecule has 0 saturated heterocycles. The van der Waals surface area contributed by atoms with Crippen LogP contribution in [0.25, 0.3) is 11.3 Å². The lowest BCUT2D eigenvalue weighted by Gasteiger charge is -2.49. The summed E-state index contributed by atoms with van der Waals surface area (Å²) < 4.78 is 35.3. The number of azo groups is 1. The molecule has 0 radical (unpaired) electrons. The molecule has 2 atom stereocenters. The molecule has 0 amide bonds. The number of rotatable bonds is 8. The van der Waals surface area contributed by atoms with E-state index < -0.39 is 32.2 Å². The van der Waals surface area contributed by atoms with Crippen molar-refractivity contribution in [3.05, 3.63) is 34.9 Å². The number of nitriles is 1. The van der Waals surface area contributed by atoms with Crippen LogP contribution in [0.15, 0.2) is 34.5 Å². The molecule has 4 aliphatic rings. The van der Waals surface area contributed by atoms with Crippen LogP contribution in [0, 0.1) is 23.2 Å². The topological polar surface area (TPSA) is 124 Å². The first-order valence-corrected chi connectivity index (χ1v) is 20.9. The van der Waals surface area contributed by atoms with Gasteiger partial charge in [-0.3, -0.25) is 9.45 Å². The van der Waals surface area contributed by atoms with Gasteiger partial charge in [0.25, 0.3) is 10.1 Å². The van der Waals surface area contributed by atoms with Crippen molar-refractivity contribution in [2.45, 2.75) is 150 Å². The van der Waals surface area contributed by atoms with E-state index in [0.29, 0.717) is 34.4 Å². The molecule has 1 heterocycles. The summed E-state index contributed by atoms with van der Waals surface area (Å²) in [6.45, 7) is 4.79. The molecule has 4 fully saturated rings. The van der Waals surface area contributed by atoms with Crippen LogP contribution in [0.5, 0.6) is 0 Å². The zero-order valence-electron chi connectivity index (χ0n) is 28.5. The Morgan fingerprint density at radius 1 is 0.878 bits per heavy atom. The predicted octanol–water partition coefficient (Wildman–Crippen LogP) is 9.74. The van der Waals surface area contributed by atoms with Crippen molar-refractivity contribution in [1.29, 1.82) is 5.26 Å². The Hall–Kier alpha value is -1.74. The highest BCUT2D eigenvalue weighted by Gasteiger charge is 2.44. The quantitative estimate of drug-likeness (QED) is 0.163. The Morgan fingerprint density at radius 3 is 1.88 bits per heavy atom. The lowest BCUT2D eigenvalue weighted by atomic mass is 9.79. The molecule has 2 unspecified atom stereocenters. The largest absolute Gasteiger partial charge is 0.294 e. The van der Waals surface area contributed by atoms with E-state index in [1.807, 2.05) is 6.07 Å². The molecule has 0 bridgehead atoms. The van der Waals surface area contributed by atoms with Gasteiger partial charge in [0.05, 0.1) is 33.1 Å². The lowest BCUT2D eigenvalue weighted by molar-refractivity contribution is 0.00967. The molecule has 6 rings (SSSR count). The zero-order chi connectivity index (χ0) is 34.9. The second-order valence-electron chi connectivity index (χ2n) is 15.2. The molecule has 9 nitrogen and oxygen atoms in total. The van der Waals surface area contributed by atoms with Gasteiger partial charge in [0, 0.05) is 23.7 Å². The van der Waals surface area contributed by atoms with Gasteiger partial charge < -0.3 is 0 Å². The molecule has 4 saturated carbocycles. The molecule has 1 N–H and O–H groups in total. The van der Waals surface area contributed by atoms with E-state index >= 15 is 0 Å². The van der Waals surface area contributed by atoms with E-state index in [-0.39, 0.29) is 30.3 Å². The lowest BCUT2D eigenvalue weighted by Crippen LogP contribution is -2.52. The number of nitrogens with zero attached hydrogens (tertiary/aromatic N) is 6. The second kappa shape index (κ2) is 15.9. The number of alkyl halides is 2. The summed E-state index contributed by atoms with van der Waals surface area (Å²) in [5.74, 6) is 1.89. The first kappa shape index (κ1) is 37.0. The highest BCUT2D eigenvalue weighted by Crippen LogP contribution is 2.44. The number of halogens is 3. The molecule has 0 spiro atoms. The Morgan fingerprint density at radius 2 is 1.39 bits per heavy atom. The van der Waals surface area contributed by atoms with E-state index in [0.717, 1.165) is 37.5 Å². The van der Waals surface area contributed by atoms with Crippen molar-refractivity contribution >= 4 is 50.7 Å². The van der Waals surface area contributed by atoms with Gasteiger partial charge in [0.1, 0.15) is 17.3 Å². The summed E-state index contributed by atoms with van der Waals surface area (Å²) in [5.41, 5.74) is 1.11. The number of aromatic nitrogens is 2. The Bertz CT molecular complexity index is 1590. The van der Waals surface area contributed by atoms with Crippen LogP contribution < -0.4 is 0 Å². The first-order valence-electron chi connectivity index (χ1n) is 18.1. The molecular weight excluding hydrogens is 703 g/mol. The monoisotopic (exact) mass is 750 g/mol. The first-order chi connectivity index (χ1) is 23.4. The summed E-state index contributed by atoms with van der Waals surface area (Å²) in [7, 11) is -4.33. The van der Waals surface area contributed by atoms with Crippen molar-refractivity contribution in [3.63, 3.8) is 0 Å². The average Bonchev–Trinajstić information content (AvgIpc) is 3.43. The highest BCUT2D eigenvalue weighted by molar-refractivity contribution is 7.86. The molecule has 268 valence electrons. The molecule has 0 aliphatic heterocycles. The van der Waals surface area contributed by atoms with Crippen LogP contribution in [-0.4, -0.2) is 67.8 Å². The molecule has 13 heteroatoms. The van der Waals surface area contributed by atoms with Crippen molar-refractivity contribution < 1.29 is 13.0 Å². The van der Waals surface area contributed by atoms with Crippen LogP contribution in [0.4, 0.5) is 5.82 Å². The van der Waals surface area contributed by atoms with Crippen molar-refractivity contribution in [2.24, 2.45) is 22.1 Å². The van der Waals surface area contributed by atoms with Gasteiger partial charge in [-0.15, -0.1) is 28.3 Å². The van der Waals surface area contributed by atoms with Crippen LogP contribution in [0.2, 0.25) is 5.02 Å². The van der Waals surface area contributed by atoms with Gasteiger partial charge in [-0.25, -0.2) is 4.68 Å². The minimum absolute atomic E-state index is 0.00313. The van der Waals surface area contributed by atoms with Gasteiger partial charge in [0.15, 0.2) is 5.82 Å². The minimum atomic E-state index is -4.33. The Kier molecular flexibility index (Phi) is 12.0. The number of hydrogen-bond donors (Lipinski definition) is 1. The summed E-state index contributed by atoms with van der Waals surface area (Å²) in [6, 6.07) is 10.6. The van der Waals surface area contributed by atoms with E-state index in [1.54, 1.807) is 18.2 Å². The van der Waals surface area contributed by atoms with Gasteiger partial charge >= 0.3 is 0 Å². The van der Waals surface area contributed by atoms with E-state index in [9.17, 15) is 18.2 Å². The minimum Gasteiger partial charge on any atom is -0.294 e. The molecule has 2 aromatic rings. The van der Waals surface area contributed by atoms with Gasteiger partial charge in [-0.1, -0.05) is 43.6 Å². The fraction of sp³-hybridized carbons (Fsp3) is 0.722. The van der Waals surface area contributed by atoms with E-state index in [1.165, 1.54) is 56.0 Å². The summed E-state index contributed by atoms with van der Waals surface area (Å²) in [5, 5.41) is 22.5. The van der Waals surface area contributed by atoms with Gasteiger partial charge in [-0.05, 0) is 108 Å². The second-order valence-corrected chi connectivity index (χ2v) is 18.4. The molecule has 49 heavy (non-hydrogen) atoms. The molecule has 4 aliphatic carbocycles. The number of benzene rings is 1. The predicted molar refractivity (Wildman–Crippen MR) is 196 cm³/mol. The maximum Gasteiger partial charge on any atom is 0.267 e. The van der Waals surface area contributed by atoms with Crippen LogP contribution >= 0.6 is 34.8 Å². The maximum absolute atomic E-state index is 12.0. The fourth-order valence-electron chi connectivity index (χ4n) is 8.91. The summed E-state index contributed by atoms with van der Waals surface area (Å²) in [6.07, 6.45) is 14.4. The molecular formula is C36H49Cl3N6O3S. The summed E-state index contributed by atoms with van der Waals surface area (Å²) >= 11 is 20.2. The van der Waals surface area contributed by atoms with E-state index in [2.05, 4.69) is 24.8 Å². The third-order valence-corrected chi connectivity index (χ3v) is 14.2. The highest BCUT2D eigenvalue weighted by atomic mass is 35.5. The normalized spacial score (nSPS) is 34.7. The van der Waals surface area contributed by atoms with Crippen molar-refractivity contribution in [1.82, 2.24) is 14.7 Å². The molecule has 1 aromatic heterocycles. The summed E-state index contributed by atoms with van der Waals surface area (Å²) in [4.78, 5) is 2.95. The van der Waals surface area contributed by atoms with Crippen LogP contribution in [0.3, 0.4) is 0 Å². The van der Waals surface area contributed by atoms with Crippen LogP contribution in [0.1, 0.15) is 115 Å². The Labute approximate surface area is 306 Å². The SMILES string of the molecule is CC1CCC(N(C2CCC(C)CC2)C2CCC(N=Nc3c(C#N)c(-c4ccccc4Cl)nn3C3C(Cl)CC(S(=O)(=O)O)CC3Cl)CC2)CC1. The van der Waals surface area contributed by atoms with Gasteiger partial charge in [-0.2, -0.15) is 23.9 Å². The third-order valence-electron chi connectivity index (χ3n) is 11.8. The van der Waals surface area contributed by atoms with E-state index in [4.69, 9.17) is 50.1 Å². The number of hydrogen-bond acceptors (Lipinski definition) is 7. The smallest absolute Gasteiger partial charge is 0.267 e. The van der Waals surface area contributed by atoms with Gasteiger partial charge in [0.2, 0.25) is 0 Å². The maximum atomic E-state index is 12.0. The van der Waals surface area contributed by atoms with Crippen molar-refractivity contribution in [2.75, 3.05) is 0 Å².